The predicted octanol–water partition coefficient (Wildman–Crippen LogP) is 3.38. The van der Waals surface area contributed by atoms with Gasteiger partial charge in [0.25, 0.3) is 0 Å². The molecule has 1 aromatic rings. The number of nitrogens with zero attached hydrogens (tertiary/aromatic N) is 1. The van der Waals surface area contributed by atoms with Gasteiger partial charge in [-0.3, -0.25) is 0 Å². The molecule has 2 fully saturated rings. The normalized spacial score (nSPS) is 80.7. The van der Waals surface area contributed by atoms with Crippen LogP contribution in [0.4, 0.5) is 0 Å². The fourth-order valence-electron chi connectivity index (χ4n) is 2.31. The second kappa shape index (κ2) is 4.49. The van der Waals surface area contributed by atoms with Gasteiger partial charge in [0.05, 0.1) is 15.3 Å². The van der Waals surface area contributed by atoms with E-state index >= 15 is 0 Å². The molecule has 1 heterocycles. The van der Waals surface area contributed by atoms with Crippen molar-refractivity contribution >= 4 is 0 Å². The molecule has 20 heavy (non-hydrogen) atoms. The highest BCUT2D eigenvalue weighted by Gasteiger charge is 2.53. The van der Waals surface area contributed by atoms with Gasteiger partial charge in [0.15, 0.2) is 0 Å². The molecule has 1 saturated heterocycles. The number of likely N-dealkylation sites (N-methyl/N-ethyl adjacent to an activating group) is 1. The zero-order chi connectivity index (χ0) is 35.7. The Kier molecular flexibility index (Phi) is 0.624. The first-order valence-corrected chi connectivity index (χ1v) is 5.58. The van der Waals surface area contributed by atoms with Crippen molar-refractivity contribution < 1.29 is 39.0 Å². The van der Waals surface area contributed by atoms with Crippen LogP contribution < -0.4 is 4.74 Å². The third-order valence-electron chi connectivity index (χ3n) is 3.20. The van der Waals surface area contributed by atoms with Gasteiger partial charge in [0, 0.05) is 37.5 Å². The second-order valence-electron chi connectivity index (χ2n) is 4.23. The lowest BCUT2D eigenvalue weighted by atomic mass is 9.52. The SMILES string of the molecule is [2H]c1c([2H])c2c(c([2H])c1OC([2H])([2H])[2H])[C@@]13C([2H])([2H])C([2H])([2H])N(C([2H])([2H])[2H])[C@@]([2H])(C2([2H])[2H])[C@@]1([2H])C([2H])([2H])C([2H])([2H])C([2H])([2H])C3([2H])[2H]. The van der Waals surface area contributed by atoms with Crippen LogP contribution in [0, 0.1) is 5.89 Å². The summed E-state index contributed by atoms with van der Waals surface area (Å²) in [4.78, 5) is -0.883. The summed E-state index contributed by atoms with van der Waals surface area (Å²) in [5.74, 6) is -6.18. The molecule has 3 atom stereocenters. The number of rotatable bonds is 1. The first-order valence-electron chi connectivity index (χ1n) is 18.1. The Balaban J connectivity index is 2.59. The van der Waals surface area contributed by atoms with Crippen LogP contribution in [0.25, 0.3) is 0 Å². The number of hydrogen-bond donors (Lipinski definition) is 0. The van der Waals surface area contributed by atoms with Crippen molar-refractivity contribution in [3.8, 4) is 5.75 Å². The van der Waals surface area contributed by atoms with E-state index in [0.29, 0.717) is 0 Å². The maximum absolute atomic E-state index is 9.58. The van der Waals surface area contributed by atoms with Gasteiger partial charge >= 0.3 is 0 Å². The number of benzene rings is 1. The minimum absolute atomic E-state index is 0.883. The quantitative estimate of drug-likeness (QED) is 0.788. The van der Waals surface area contributed by atoms with E-state index in [1.807, 2.05) is 0 Å². The molecule has 1 aromatic carbocycles. The molecule has 4 rings (SSSR count). The average molecular weight is 297 g/mol. The van der Waals surface area contributed by atoms with Crippen molar-refractivity contribution in [1.82, 2.24) is 4.90 Å². The zero-order valence-electron chi connectivity index (χ0n) is 34.9. The molecule has 1 aliphatic heterocycles. The molecular formula is C18H25NO. The molecule has 2 bridgehead atoms. The van der Waals surface area contributed by atoms with E-state index in [4.69, 9.17) is 31.5 Å². The molecule has 3 aliphatic rings. The summed E-state index contributed by atoms with van der Waals surface area (Å²) in [6.07, 6.45) is -26.7. The molecule has 2 heteroatoms. The predicted molar refractivity (Wildman–Crippen MR) is 81.4 cm³/mol. The highest BCUT2D eigenvalue weighted by atomic mass is 16.5. The third kappa shape index (κ3) is 1.60. The van der Waals surface area contributed by atoms with Crippen molar-refractivity contribution in [2.75, 3.05) is 20.5 Å². The molecular weight excluding hydrogens is 246 g/mol. The molecule has 108 valence electrons. The van der Waals surface area contributed by atoms with E-state index in [1.54, 1.807) is 0 Å². The third-order valence-corrected chi connectivity index (χ3v) is 3.20. The molecule has 0 N–H and O–H groups in total. The molecule has 2 aliphatic carbocycles. The lowest BCUT2D eigenvalue weighted by molar-refractivity contribution is 0.00274. The zero-order valence-corrected chi connectivity index (χ0v) is 9.86. The van der Waals surface area contributed by atoms with Gasteiger partial charge < -0.3 is 9.64 Å². The van der Waals surface area contributed by atoms with Crippen molar-refractivity contribution in [2.24, 2.45) is 5.89 Å². The van der Waals surface area contributed by atoms with Crippen molar-refractivity contribution in [2.45, 2.75) is 49.7 Å². The molecule has 2 nitrogen and oxygen atoms in total. The van der Waals surface area contributed by atoms with Crippen LogP contribution in [0.5, 0.6) is 5.75 Å². The maximum Gasteiger partial charge on any atom is 0.119 e. The smallest absolute Gasteiger partial charge is 0.119 e. The highest BCUT2D eigenvalue weighted by Crippen LogP contribution is 2.55. The second-order valence-corrected chi connectivity index (χ2v) is 4.23. The Morgan fingerprint density at radius 3 is 3.40 bits per heavy atom. The van der Waals surface area contributed by atoms with E-state index in [9.17, 15) is 2.74 Å². The minimum Gasteiger partial charge on any atom is -0.497 e. The lowest BCUT2D eigenvalue weighted by Crippen LogP contribution is -2.59. The first-order chi connectivity index (χ1) is 19.4. The van der Waals surface area contributed by atoms with Gasteiger partial charge in [-0.05, 0) is 68.1 Å². The van der Waals surface area contributed by atoms with E-state index < -0.39 is 116 Å². The maximum atomic E-state index is 9.58. The number of ether oxygens (including phenoxy) is 1. The topological polar surface area (TPSA) is 12.5 Å². The largest absolute Gasteiger partial charge is 0.497 e. The summed E-state index contributed by atoms with van der Waals surface area (Å²) in [5, 5.41) is 0. The van der Waals surface area contributed by atoms with Crippen LogP contribution >= 0.6 is 0 Å². The van der Waals surface area contributed by atoms with Gasteiger partial charge in [0.2, 0.25) is 0 Å². The first kappa shape index (κ1) is 2.78. The summed E-state index contributed by atoms with van der Waals surface area (Å²) >= 11 is 0. The van der Waals surface area contributed by atoms with Gasteiger partial charge in [-0.1, -0.05) is 18.8 Å². The van der Waals surface area contributed by atoms with Crippen molar-refractivity contribution in [3.63, 3.8) is 0 Å². The van der Waals surface area contributed by atoms with E-state index in [2.05, 4.69) is 4.74 Å². The van der Waals surface area contributed by atoms with E-state index in [1.165, 1.54) is 0 Å². The summed E-state index contributed by atoms with van der Waals surface area (Å²) in [6.45, 7) is -8.63. The Labute approximate surface area is 157 Å². The fourth-order valence-corrected chi connectivity index (χ4v) is 2.31. The number of likely N-dealkylation sites (tertiary alicyclic amines) is 1. The van der Waals surface area contributed by atoms with Crippen LogP contribution in [0.2, 0.25) is 0 Å². The summed E-state index contributed by atoms with van der Waals surface area (Å²) in [6, 6.07) is -9.33. The Hall–Kier alpha value is -1.02. The summed E-state index contributed by atoms with van der Waals surface area (Å²) in [7, 11) is -3.58. The van der Waals surface area contributed by atoms with Crippen molar-refractivity contribution in [3.05, 3.63) is 29.3 Å². The van der Waals surface area contributed by atoms with E-state index in [0.717, 1.165) is 0 Å². The van der Waals surface area contributed by atoms with Crippen molar-refractivity contribution in [1.29, 1.82) is 0 Å². The van der Waals surface area contributed by atoms with Gasteiger partial charge in [-0.15, -0.1) is 0 Å². The Bertz CT molecular complexity index is 1470. The number of methoxy groups -OCH3 is 1. The molecule has 0 spiro atoms. The number of hydrogen-bond acceptors (Lipinski definition) is 2. The standard InChI is InChI=1S/C18H25NO/c1-19-10-9-18-8-4-3-5-15(18)17(19)11-13-6-7-14(20-2)12-16(13)18/h6-7,12,15,17H,3-5,8-11H2,1-2H3/t15-,17+,18+/m1/s1/i1D3,2D3,3D2,4D2,5D2,6D,7D,8D2,9D2,10D2,11D2,12D,15D,17D. The minimum atomic E-state index is -4.66. The molecule has 0 radical (unpaired) electrons. The van der Waals surface area contributed by atoms with Crippen LogP contribution in [-0.4, -0.2) is 31.4 Å². The summed E-state index contributed by atoms with van der Waals surface area (Å²) < 4.78 is 219. The van der Waals surface area contributed by atoms with Crippen LogP contribution in [-0.2, 0) is 11.8 Å². The van der Waals surface area contributed by atoms with Gasteiger partial charge in [-0.25, -0.2) is 0 Å². The van der Waals surface area contributed by atoms with Crippen LogP contribution in [0.3, 0.4) is 0 Å². The Morgan fingerprint density at radius 1 is 1.50 bits per heavy atom. The average Bonchev–Trinajstić information content (AvgIpc) is 2.80. The molecule has 1 saturated carbocycles. The monoisotopic (exact) mass is 296 g/mol. The summed E-state index contributed by atoms with van der Waals surface area (Å²) in [5.41, 5.74) is -7.94. The van der Waals surface area contributed by atoms with Gasteiger partial charge in [-0.2, -0.15) is 0 Å². The number of fused-ring (bicyclic) bond motifs is 1. The number of piperidine rings is 1. The highest BCUT2D eigenvalue weighted by molar-refractivity contribution is 5.45. The Morgan fingerprint density at radius 2 is 2.50 bits per heavy atom. The van der Waals surface area contributed by atoms with Crippen LogP contribution in [0.1, 0.15) is 77.3 Å². The lowest BCUT2D eigenvalue weighted by Gasteiger charge is -2.58. The molecule has 0 aromatic heterocycles. The molecule has 0 unspecified atom stereocenters. The van der Waals surface area contributed by atoms with Crippen LogP contribution in [0.15, 0.2) is 18.1 Å². The van der Waals surface area contributed by atoms with E-state index in [-0.39, 0.29) is 0 Å². The molecule has 0 amide bonds. The fraction of sp³-hybridized carbons (Fsp3) is 0.667. The van der Waals surface area contributed by atoms with Gasteiger partial charge in [0.1, 0.15) is 5.75 Å².